The molecule has 2 aromatic carbocycles. The fraction of sp³-hybridized carbons (Fsp3) is 0.0625. The van der Waals surface area contributed by atoms with E-state index in [0.29, 0.717) is 10.9 Å². The van der Waals surface area contributed by atoms with Gasteiger partial charge in [-0.3, -0.25) is 10.1 Å². The Morgan fingerprint density at radius 1 is 1.26 bits per heavy atom. The Morgan fingerprint density at radius 3 is 2.78 bits per heavy atom. The lowest BCUT2D eigenvalue weighted by molar-refractivity contribution is -0.380. The molecule has 0 atom stereocenters. The van der Waals surface area contributed by atoms with Crippen molar-refractivity contribution in [3.8, 4) is 5.75 Å². The van der Waals surface area contributed by atoms with Crippen LogP contribution in [0, 0.1) is 10.1 Å². The van der Waals surface area contributed by atoms with Crippen LogP contribution in [0.25, 0.3) is 10.8 Å². The summed E-state index contributed by atoms with van der Waals surface area (Å²) in [5.41, 5.74) is 0.601. The minimum Gasteiger partial charge on any atom is -0.506 e. The lowest BCUT2D eigenvalue weighted by atomic mass is 10.1. The summed E-state index contributed by atoms with van der Waals surface area (Å²) in [5.74, 6) is -0.813. The number of hydrogen-bond acceptors (Lipinski definition) is 6. The minimum atomic E-state index is -0.679. The summed E-state index contributed by atoms with van der Waals surface area (Å²) in [7, 11) is 0. The van der Waals surface area contributed by atoms with Crippen molar-refractivity contribution < 1.29 is 19.6 Å². The van der Waals surface area contributed by atoms with Crippen LogP contribution < -0.4 is 0 Å². The summed E-state index contributed by atoms with van der Waals surface area (Å²) in [6.45, 7) is -0.0879. The number of phenols is 1. The number of carbonyl (C=O) groups is 1. The van der Waals surface area contributed by atoms with E-state index in [-0.39, 0.29) is 22.9 Å². The van der Waals surface area contributed by atoms with Gasteiger partial charge >= 0.3 is 11.0 Å². The number of ether oxygens (including phenoxy) is 1. The standard InChI is InChI=1S/C16H11NO5S/c18-15-12-4-2-1-3-11(12)5-6-13(15)16(19)22-8-10-7-14(17(20)21)23-9-10/h1-7,9,18H,8H2. The number of hydrogen-bond donors (Lipinski definition) is 1. The summed E-state index contributed by atoms with van der Waals surface area (Å²) in [6.07, 6.45) is 0. The van der Waals surface area contributed by atoms with Crippen molar-refractivity contribution in [1.29, 1.82) is 0 Å². The molecule has 0 aliphatic rings. The number of fused-ring (bicyclic) bond motifs is 1. The van der Waals surface area contributed by atoms with Gasteiger partial charge in [-0.05, 0) is 11.5 Å². The third kappa shape index (κ3) is 3.00. The molecule has 0 amide bonds. The molecule has 0 fully saturated rings. The molecule has 23 heavy (non-hydrogen) atoms. The first-order chi connectivity index (χ1) is 11.1. The van der Waals surface area contributed by atoms with Crippen LogP contribution in [-0.4, -0.2) is 16.0 Å². The van der Waals surface area contributed by atoms with E-state index in [1.54, 1.807) is 23.6 Å². The van der Waals surface area contributed by atoms with Crippen LogP contribution in [0.4, 0.5) is 5.00 Å². The molecule has 0 saturated heterocycles. The molecule has 116 valence electrons. The second-order valence-electron chi connectivity index (χ2n) is 4.81. The fourth-order valence-electron chi connectivity index (χ4n) is 2.18. The van der Waals surface area contributed by atoms with Crippen molar-refractivity contribution in [2.24, 2.45) is 0 Å². The summed E-state index contributed by atoms with van der Waals surface area (Å²) in [4.78, 5) is 22.2. The number of benzene rings is 2. The number of rotatable bonds is 4. The van der Waals surface area contributed by atoms with Crippen LogP contribution >= 0.6 is 11.3 Å². The first-order valence-electron chi connectivity index (χ1n) is 6.66. The van der Waals surface area contributed by atoms with E-state index in [4.69, 9.17) is 4.74 Å². The topological polar surface area (TPSA) is 89.7 Å². The Kier molecular flexibility index (Phi) is 3.94. The van der Waals surface area contributed by atoms with Gasteiger partial charge in [0.25, 0.3) is 0 Å². The quantitative estimate of drug-likeness (QED) is 0.446. The summed E-state index contributed by atoms with van der Waals surface area (Å²) in [6, 6.07) is 11.7. The Bertz CT molecular complexity index is 902. The monoisotopic (exact) mass is 329 g/mol. The number of thiophene rings is 1. The van der Waals surface area contributed by atoms with Crippen LogP contribution in [0.5, 0.6) is 5.75 Å². The summed E-state index contributed by atoms with van der Waals surface area (Å²) in [5, 5.41) is 23.8. The maximum absolute atomic E-state index is 12.1. The zero-order valence-electron chi connectivity index (χ0n) is 11.8. The van der Waals surface area contributed by atoms with Gasteiger partial charge in [0.15, 0.2) is 0 Å². The molecule has 0 spiro atoms. The van der Waals surface area contributed by atoms with Gasteiger partial charge in [0, 0.05) is 22.4 Å². The minimum absolute atomic E-state index is 0.00963. The van der Waals surface area contributed by atoms with E-state index in [1.807, 2.05) is 12.1 Å². The van der Waals surface area contributed by atoms with Gasteiger partial charge in [-0.2, -0.15) is 0 Å². The second kappa shape index (κ2) is 6.05. The van der Waals surface area contributed by atoms with Gasteiger partial charge < -0.3 is 9.84 Å². The highest BCUT2D eigenvalue weighted by Gasteiger charge is 2.16. The Balaban J connectivity index is 1.77. The molecule has 1 N–H and O–H groups in total. The van der Waals surface area contributed by atoms with Crippen molar-refractivity contribution in [3.63, 3.8) is 0 Å². The van der Waals surface area contributed by atoms with Crippen LogP contribution in [-0.2, 0) is 11.3 Å². The zero-order chi connectivity index (χ0) is 16.4. The molecule has 3 aromatic rings. The smallest absolute Gasteiger partial charge is 0.342 e. The molecule has 1 aromatic heterocycles. The first kappa shape index (κ1) is 15.0. The van der Waals surface area contributed by atoms with Crippen molar-refractivity contribution in [2.45, 2.75) is 6.61 Å². The van der Waals surface area contributed by atoms with Crippen LogP contribution in [0.1, 0.15) is 15.9 Å². The van der Waals surface area contributed by atoms with Gasteiger partial charge in [-0.15, -0.1) is 0 Å². The molecule has 0 aliphatic carbocycles. The predicted octanol–water partition coefficient (Wildman–Crippen LogP) is 3.87. The molecule has 6 nitrogen and oxygen atoms in total. The number of aromatic hydroxyl groups is 1. The molecule has 0 radical (unpaired) electrons. The van der Waals surface area contributed by atoms with E-state index < -0.39 is 10.9 Å². The number of carbonyl (C=O) groups excluding carboxylic acids is 1. The number of esters is 1. The van der Waals surface area contributed by atoms with Gasteiger partial charge in [0.05, 0.1) is 4.92 Å². The van der Waals surface area contributed by atoms with Crippen LogP contribution in [0.15, 0.2) is 47.8 Å². The summed E-state index contributed by atoms with van der Waals surface area (Å²) < 4.78 is 5.12. The number of phenolic OH excluding ortho intramolecular Hbond substituents is 1. The highest BCUT2D eigenvalue weighted by atomic mass is 32.1. The lowest BCUT2D eigenvalue weighted by Crippen LogP contribution is -2.05. The van der Waals surface area contributed by atoms with Gasteiger partial charge in [-0.1, -0.05) is 41.7 Å². The van der Waals surface area contributed by atoms with Crippen LogP contribution in [0.3, 0.4) is 0 Å². The first-order valence-corrected chi connectivity index (χ1v) is 7.54. The van der Waals surface area contributed by atoms with Crippen molar-refractivity contribution in [1.82, 2.24) is 0 Å². The predicted molar refractivity (Wildman–Crippen MR) is 85.7 cm³/mol. The van der Waals surface area contributed by atoms with Crippen LogP contribution in [0.2, 0.25) is 0 Å². The number of nitrogens with zero attached hydrogens (tertiary/aromatic N) is 1. The molecular weight excluding hydrogens is 318 g/mol. The molecule has 7 heteroatoms. The van der Waals surface area contributed by atoms with Crippen molar-refractivity contribution in [3.05, 3.63) is 69.1 Å². The third-order valence-electron chi connectivity index (χ3n) is 3.31. The second-order valence-corrected chi connectivity index (χ2v) is 5.70. The van der Waals surface area contributed by atoms with Crippen molar-refractivity contribution >= 4 is 33.1 Å². The van der Waals surface area contributed by atoms with E-state index in [9.17, 15) is 20.0 Å². The van der Waals surface area contributed by atoms with Gasteiger partial charge in [0.2, 0.25) is 0 Å². The molecule has 0 saturated carbocycles. The van der Waals surface area contributed by atoms with Gasteiger partial charge in [-0.25, -0.2) is 4.79 Å². The Morgan fingerprint density at radius 2 is 2.04 bits per heavy atom. The van der Waals surface area contributed by atoms with E-state index in [0.717, 1.165) is 16.7 Å². The molecule has 0 unspecified atom stereocenters. The van der Waals surface area contributed by atoms with E-state index in [2.05, 4.69) is 0 Å². The molecule has 3 rings (SSSR count). The average Bonchev–Trinajstić information content (AvgIpc) is 3.02. The lowest BCUT2D eigenvalue weighted by Gasteiger charge is -2.08. The zero-order valence-corrected chi connectivity index (χ0v) is 12.6. The molecular formula is C16H11NO5S. The van der Waals surface area contributed by atoms with E-state index >= 15 is 0 Å². The maximum atomic E-state index is 12.1. The Hall–Kier alpha value is -2.93. The molecule has 0 aliphatic heterocycles. The SMILES string of the molecule is O=C(OCc1csc([N+](=O)[O-])c1)c1ccc2ccccc2c1O. The van der Waals surface area contributed by atoms with Gasteiger partial charge in [0.1, 0.15) is 17.9 Å². The highest BCUT2D eigenvalue weighted by Crippen LogP contribution is 2.29. The molecule has 0 bridgehead atoms. The molecule has 1 heterocycles. The normalized spacial score (nSPS) is 10.6. The Labute approximate surface area is 134 Å². The highest BCUT2D eigenvalue weighted by molar-refractivity contribution is 7.13. The average molecular weight is 329 g/mol. The third-order valence-corrected chi connectivity index (χ3v) is 4.24. The largest absolute Gasteiger partial charge is 0.506 e. The maximum Gasteiger partial charge on any atom is 0.342 e. The van der Waals surface area contributed by atoms with Crippen molar-refractivity contribution in [2.75, 3.05) is 0 Å². The number of nitro groups is 1. The summed E-state index contributed by atoms with van der Waals surface area (Å²) >= 11 is 0.970. The van der Waals surface area contributed by atoms with E-state index in [1.165, 1.54) is 12.1 Å². The fourth-order valence-corrected chi connectivity index (χ4v) is 2.89.